The molecule has 4 aromatic carbocycles. The Labute approximate surface area is 276 Å². The monoisotopic (exact) mass is 659 g/mol. The summed E-state index contributed by atoms with van der Waals surface area (Å²) in [6.45, 7) is 4.35. The van der Waals surface area contributed by atoms with Crippen molar-refractivity contribution in [3.05, 3.63) is 120 Å². The molecule has 1 N–H and O–H groups in total. The van der Waals surface area contributed by atoms with Crippen molar-refractivity contribution in [3.63, 3.8) is 0 Å². The lowest BCUT2D eigenvalue weighted by Gasteiger charge is -2.34. The number of carbonyl (C=O) groups excluding carboxylic acids is 2. The van der Waals surface area contributed by atoms with Crippen LogP contribution in [0.1, 0.15) is 31.4 Å². The van der Waals surface area contributed by atoms with E-state index in [-0.39, 0.29) is 23.8 Å². The first-order valence-electron chi connectivity index (χ1n) is 15.3. The molecular formula is C36H41N3O5S2. The molecule has 0 aliphatic carbocycles. The minimum Gasteiger partial charge on any atom is -0.494 e. The fourth-order valence-corrected chi connectivity index (χ4v) is 6.80. The van der Waals surface area contributed by atoms with Crippen LogP contribution in [0.2, 0.25) is 0 Å². The summed E-state index contributed by atoms with van der Waals surface area (Å²) < 4.78 is 35.2. The van der Waals surface area contributed by atoms with Crippen molar-refractivity contribution in [1.82, 2.24) is 10.2 Å². The van der Waals surface area contributed by atoms with E-state index >= 15 is 0 Å². The molecule has 0 aromatic heterocycles. The van der Waals surface area contributed by atoms with Gasteiger partial charge in [0.05, 0.1) is 17.2 Å². The highest BCUT2D eigenvalue weighted by Gasteiger charge is 2.34. The predicted molar refractivity (Wildman–Crippen MR) is 185 cm³/mol. The Morgan fingerprint density at radius 2 is 1.43 bits per heavy atom. The number of sulfonamides is 1. The molecule has 2 amide bonds. The molecule has 0 fully saturated rings. The molecule has 10 heteroatoms. The summed E-state index contributed by atoms with van der Waals surface area (Å²) in [5, 5.41) is 2.96. The van der Waals surface area contributed by atoms with Crippen molar-refractivity contribution in [1.29, 1.82) is 0 Å². The van der Waals surface area contributed by atoms with E-state index in [0.717, 1.165) is 26.7 Å². The number of nitrogens with zero attached hydrogens (tertiary/aromatic N) is 2. The molecule has 8 nitrogen and oxygen atoms in total. The highest BCUT2D eigenvalue weighted by molar-refractivity contribution is 7.98. The van der Waals surface area contributed by atoms with Gasteiger partial charge in [-0.05, 0) is 79.3 Å². The first-order valence-corrected chi connectivity index (χ1v) is 18.0. The third kappa shape index (κ3) is 9.14. The molecular weight excluding hydrogens is 619 g/mol. The zero-order valence-corrected chi connectivity index (χ0v) is 28.1. The number of amides is 2. The summed E-state index contributed by atoms with van der Waals surface area (Å²) in [5.41, 5.74) is 2.01. The van der Waals surface area contributed by atoms with Crippen molar-refractivity contribution in [2.24, 2.45) is 0 Å². The summed E-state index contributed by atoms with van der Waals surface area (Å²) in [6, 6.07) is 31.2. The van der Waals surface area contributed by atoms with E-state index in [2.05, 4.69) is 5.32 Å². The summed E-state index contributed by atoms with van der Waals surface area (Å²) in [6.07, 6.45) is 2.91. The van der Waals surface area contributed by atoms with E-state index in [9.17, 15) is 18.0 Å². The smallest absolute Gasteiger partial charge is 0.264 e. The van der Waals surface area contributed by atoms with Crippen molar-refractivity contribution >= 4 is 39.3 Å². The molecule has 0 saturated heterocycles. The Morgan fingerprint density at radius 1 is 0.826 bits per heavy atom. The van der Waals surface area contributed by atoms with Gasteiger partial charge in [-0.15, -0.1) is 11.8 Å². The average molecular weight is 660 g/mol. The summed E-state index contributed by atoms with van der Waals surface area (Å²) >= 11 is 1.51. The van der Waals surface area contributed by atoms with Crippen LogP contribution >= 0.6 is 11.8 Å². The van der Waals surface area contributed by atoms with E-state index in [0.29, 0.717) is 24.6 Å². The zero-order valence-electron chi connectivity index (χ0n) is 26.5. The molecule has 0 saturated carbocycles. The maximum atomic E-state index is 14.5. The predicted octanol–water partition coefficient (Wildman–Crippen LogP) is 6.17. The van der Waals surface area contributed by atoms with Crippen LogP contribution in [-0.4, -0.2) is 57.1 Å². The molecule has 0 heterocycles. The first kappa shape index (κ1) is 34.6. The summed E-state index contributed by atoms with van der Waals surface area (Å²) in [5.74, 6) is -0.215. The maximum Gasteiger partial charge on any atom is 0.264 e. The van der Waals surface area contributed by atoms with E-state index in [4.69, 9.17) is 4.74 Å². The van der Waals surface area contributed by atoms with Crippen LogP contribution in [0.15, 0.2) is 119 Å². The highest BCUT2D eigenvalue weighted by atomic mass is 32.2. The number of hydrogen-bond donors (Lipinski definition) is 1. The standard InChI is InChI=1S/C36H41N3O5S2/c1-4-24-37-36(41)34(25-28-12-8-6-9-13-28)38(26-29-14-10-7-11-15-29)35(40)27-39(30-16-18-31(19-17-30)44-5-2)46(42,43)33-22-20-32(45-3)21-23-33/h6-23,34H,4-5,24-27H2,1-3H3,(H,37,41)/t34-/m0/s1. The van der Waals surface area contributed by atoms with Gasteiger partial charge in [-0.3, -0.25) is 13.9 Å². The number of ether oxygens (including phenoxy) is 1. The number of rotatable bonds is 16. The van der Waals surface area contributed by atoms with Crippen LogP contribution in [0.4, 0.5) is 5.69 Å². The quantitative estimate of drug-likeness (QED) is 0.145. The minimum absolute atomic E-state index is 0.0584. The number of anilines is 1. The summed E-state index contributed by atoms with van der Waals surface area (Å²) in [7, 11) is -4.19. The molecule has 0 spiro atoms. The van der Waals surface area contributed by atoms with Crippen LogP contribution in [0.3, 0.4) is 0 Å². The largest absolute Gasteiger partial charge is 0.494 e. The van der Waals surface area contributed by atoms with Crippen LogP contribution < -0.4 is 14.4 Å². The van der Waals surface area contributed by atoms with Crippen LogP contribution in [0, 0.1) is 0 Å². The molecule has 0 aliphatic heterocycles. The fourth-order valence-electron chi connectivity index (χ4n) is 4.98. The summed E-state index contributed by atoms with van der Waals surface area (Å²) in [4.78, 5) is 30.7. The Balaban J connectivity index is 1.78. The Morgan fingerprint density at radius 3 is 2.00 bits per heavy atom. The van der Waals surface area contributed by atoms with Crippen LogP contribution in [0.5, 0.6) is 5.75 Å². The number of thioether (sulfide) groups is 1. The molecule has 1 atom stereocenters. The second kappa shape index (κ2) is 16.9. The third-order valence-electron chi connectivity index (χ3n) is 7.38. The Kier molecular flexibility index (Phi) is 12.7. The number of carbonyl (C=O) groups is 2. The van der Waals surface area contributed by atoms with Crippen molar-refractivity contribution in [2.45, 2.75) is 49.1 Å². The fraction of sp³-hybridized carbons (Fsp3) is 0.278. The first-order chi connectivity index (χ1) is 22.3. The lowest BCUT2D eigenvalue weighted by atomic mass is 10.0. The molecule has 0 bridgehead atoms. The third-order valence-corrected chi connectivity index (χ3v) is 9.91. The molecule has 4 rings (SSSR count). The normalized spacial score (nSPS) is 11.8. The van der Waals surface area contributed by atoms with E-state index in [1.807, 2.05) is 80.8 Å². The van der Waals surface area contributed by atoms with Gasteiger partial charge in [-0.25, -0.2) is 8.42 Å². The second-order valence-corrected chi connectivity index (χ2v) is 13.4. The Bertz CT molecular complexity index is 1650. The molecule has 0 unspecified atom stereocenters. The average Bonchev–Trinajstić information content (AvgIpc) is 3.09. The van der Waals surface area contributed by atoms with Gasteiger partial charge in [0.2, 0.25) is 11.8 Å². The lowest BCUT2D eigenvalue weighted by Crippen LogP contribution is -2.53. The van der Waals surface area contributed by atoms with Gasteiger partial charge in [-0.2, -0.15) is 0 Å². The van der Waals surface area contributed by atoms with E-state index in [1.54, 1.807) is 48.5 Å². The van der Waals surface area contributed by atoms with E-state index in [1.165, 1.54) is 16.7 Å². The topological polar surface area (TPSA) is 96.0 Å². The van der Waals surface area contributed by atoms with Crippen molar-refractivity contribution in [3.8, 4) is 5.75 Å². The van der Waals surface area contributed by atoms with Gasteiger partial charge in [0.15, 0.2) is 0 Å². The van der Waals surface area contributed by atoms with Gasteiger partial charge in [0.1, 0.15) is 18.3 Å². The molecule has 0 aliphatic rings. The SMILES string of the molecule is CCCNC(=O)[C@H](Cc1ccccc1)N(Cc1ccccc1)C(=O)CN(c1ccc(OCC)cc1)S(=O)(=O)c1ccc(SC)cc1. The van der Waals surface area contributed by atoms with Gasteiger partial charge in [-0.1, -0.05) is 67.6 Å². The zero-order chi connectivity index (χ0) is 32.9. The van der Waals surface area contributed by atoms with Crippen LogP contribution in [-0.2, 0) is 32.6 Å². The van der Waals surface area contributed by atoms with Gasteiger partial charge >= 0.3 is 0 Å². The van der Waals surface area contributed by atoms with Gasteiger partial charge in [0, 0.05) is 24.4 Å². The van der Waals surface area contributed by atoms with E-state index < -0.39 is 28.5 Å². The highest BCUT2D eigenvalue weighted by Crippen LogP contribution is 2.28. The Hall–Kier alpha value is -4.28. The number of hydrogen-bond acceptors (Lipinski definition) is 6. The van der Waals surface area contributed by atoms with Crippen molar-refractivity contribution in [2.75, 3.05) is 30.3 Å². The second-order valence-electron chi connectivity index (χ2n) is 10.6. The van der Waals surface area contributed by atoms with Crippen molar-refractivity contribution < 1.29 is 22.7 Å². The molecule has 0 radical (unpaired) electrons. The van der Waals surface area contributed by atoms with Gasteiger partial charge in [0.25, 0.3) is 10.0 Å². The van der Waals surface area contributed by atoms with Gasteiger partial charge < -0.3 is 15.0 Å². The molecule has 4 aromatic rings. The molecule has 46 heavy (non-hydrogen) atoms. The lowest BCUT2D eigenvalue weighted by molar-refractivity contribution is -0.140. The molecule has 242 valence electrons. The maximum absolute atomic E-state index is 14.5. The minimum atomic E-state index is -4.19. The number of nitrogens with one attached hydrogen (secondary N) is 1. The van der Waals surface area contributed by atoms with Crippen LogP contribution in [0.25, 0.3) is 0 Å². The number of benzene rings is 4.